The molecule has 1 rings (SSSR count). The Morgan fingerprint density at radius 3 is 2.76 bits per heavy atom. The van der Waals surface area contributed by atoms with Crippen LogP contribution >= 0.6 is 0 Å². The molecule has 0 saturated heterocycles. The molecule has 5 nitrogen and oxygen atoms in total. The molecular weight excluding hydrogens is 222 g/mol. The zero-order chi connectivity index (χ0) is 12.7. The second-order valence-corrected chi connectivity index (χ2v) is 3.32. The summed E-state index contributed by atoms with van der Waals surface area (Å²) in [6, 6.07) is 4.88. The molecule has 0 atom stereocenters. The fraction of sp³-hybridized carbons (Fsp3) is 0.417. The van der Waals surface area contributed by atoms with Crippen LogP contribution in [0.25, 0.3) is 0 Å². The van der Waals surface area contributed by atoms with Gasteiger partial charge in [-0.2, -0.15) is 0 Å². The molecule has 17 heavy (non-hydrogen) atoms. The van der Waals surface area contributed by atoms with Crippen molar-refractivity contribution in [1.29, 1.82) is 0 Å². The van der Waals surface area contributed by atoms with E-state index in [4.69, 9.17) is 19.9 Å². The molecule has 0 aliphatic carbocycles. The molecular formula is C12H17NO4. The van der Waals surface area contributed by atoms with Crippen LogP contribution < -0.4 is 10.5 Å². The van der Waals surface area contributed by atoms with E-state index in [9.17, 15) is 4.79 Å². The van der Waals surface area contributed by atoms with Gasteiger partial charge in [0.15, 0.2) is 0 Å². The molecule has 0 fully saturated rings. The molecule has 1 aromatic rings. The first-order chi connectivity index (χ1) is 8.19. The minimum absolute atomic E-state index is 0.204. The lowest BCUT2D eigenvalue weighted by Crippen LogP contribution is -2.12. The maximum Gasteiger partial charge on any atom is 0.342 e. The van der Waals surface area contributed by atoms with Gasteiger partial charge >= 0.3 is 5.97 Å². The minimum atomic E-state index is -0.460. The van der Waals surface area contributed by atoms with Gasteiger partial charge in [0.1, 0.15) is 17.9 Å². The monoisotopic (exact) mass is 239 g/mol. The van der Waals surface area contributed by atoms with Gasteiger partial charge in [-0.25, -0.2) is 4.79 Å². The molecule has 0 bridgehead atoms. The molecule has 0 unspecified atom stereocenters. The predicted octanol–water partition coefficient (Wildman–Crippen LogP) is 1.47. The van der Waals surface area contributed by atoms with Gasteiger partial charge < -0.3 is 19.9 Å². The molecule has 0 heterocycles. The van der Waals surface area contributed by atoms with Crippen molar-refractivity contribution >= 4 is 11.7 Å². The van der Waals surface area contributed by atoms with E-state index < -0.39 is 5.97 Å². The van der Waals surface area contributed by atoms with Crippen molar-refractivity contribution in [3.05, 3.63) is 23.8 Å². The lowest BCUT2D eigenvalue weighted by molar-refractivity contribution is 0.0384. The van der Waals surface area contributed by atoms with Crippen molar-refractivity contribution in [2.45, 2.75) is 6.92 Å². The van der Waals surface area contributed by atoms with E-state index in [2.05, 4.69) is 0 Å². The number of carbonyl (C=O) groups is 1. The van der Waals surface area contributed by atoms with Gasteiger partial charge in [0.2, 0.25) is 0 Å². The third-order valence-corrected chi connectivity index (χ3v) is 2.04. The molecule has 0 aliphatic heterocycles. The van der Waals surface area contributed by atoms with Gasteiger partial charge in [-0.3, -0.25) is 0 Å². The summed E-state index contributed by atoms with van der Waals surface area (Å²) in [7, 11) is 1.54. The zero-order valence-electron chi connectivity index (χ0n) is 10.1. The minimum Gasteiger partial charge on any atom is -0.493 e. The number of hydrogen-bond acceptors (Lipinski definition) is 5. The van der Waals surface area contributed by atoms with E-state index >= 15 is 0 Å². The van der Waals surface area contributed by atoms with E-state index in [-0.39, 0.29) is 6.61 Å². The number of esters is 1. The van der Waals surface area contributed by atoms with Crippen molar-refractivity contribution in [2.75, 3.05) is 32.7 Å². The SMILES string of the molecule is CCOc1ccc(N)cc1C(=O)OCCOC. The average Bonchev–Trinajstić information content (AvgIpc) is 2.32. The lowest BCUT2D eigenvalue weighted by Gasteiger charge is -2.10. The van der Waals surface area contributed by atoms with Crippen molar-refractivity contribution in [2.24, 2.45) is 0 Å². The fourth-order valence-electron chi connectivity index (χ4n) is 1.28. The highest BCUT2D eigenvalue weighted by molar-refractivity contribution is 5.93. The second-order valence-electron chi connectivity index (χ2n) is 3.32. The molecule has 0 aromatic heterocycles. The highest BCUT2D eigenvalue weighted by atomic mass is 16.6. The van der Waals surface area contributed by atoms with E-state index in [0.29, 0.717) is 30.2 Å². The Morgan fingerprint density at radius 1 is 1.35 bits per heavy atom. The summed E-state index contributed by atoms with van der Waals surface area (Å²) >= 11 is 0. The maximum absolute atomic E-state index is 11.8. The number of methoxy groups -OCH3 is 1. The number of nitrogens with two attached hydrogens (primary N) is 1. The van der Waals surface area contributed by atoms with E-state index in [1.54, 1.807) is 25.3 Å². The summed E-state index contributed by atoms with van der Waals surface area (Å²) in [6.45, 7) is 2.88. The van der Waals surface area contributed by atoms with Crippen LogP contribution in [0, 0.1) is 0 Å². The van der Waals surface area contributed by atoms with E-state index in [0.717, 1.165) is 0 Å². The lowest BCUT2D eigenvalue weighted by atomic mass is 10.2. The first-order valence-corrected chi connectivity index (χ1v) is 5.37. The number of rotatable bonds is 6. The highest BCUT2D eigenvalue weighted by Crippen LogP contribution is 2.22. The smallest absolute Gasteiger partial charge is 0.342 e. The quantitative estimate of drug-likeness (QED) is 0.462. The van der Waals surface area contributed by atoms with E-state index in [1.165, 1.54) is 0 Å². The van der Waals surface area contributed by atoms with Crippen molar-refractivity contribution in [3.63, 3.8) is 0 Å². The van der Waals surface area contributed by atoms with Gasteiger partial charge in [-0.05, 0) is 25.1 Å². The van der Waals surface area contributed by atoms with Crippen LogP contribution in [-0.4, -0.2) is 32.9 Å². The van der Waals surface area contributed by atoms with Crippen molar-refractivity contribution in [1.82, 2.24) is 0 Å². The molecule has 0 amide bonds. The van der Waals surface area contributed by atoms with Gasteiger partial charge in [-0.1, -0.05) is 0 Å². The molecule has 0 saturated carbocycles. The Hall–Kier alpha value is -1.75. The van der Waals surface area contributed by atoms with Crippen LogP contribution in [0.3, 0.4) is 0 Å². The van der Waals surface area contributed by atoms with Crippen molar-refractivity contribution < 1.29 is 19.0 Å². The summed E-state index contributed by atoms with van der Waals surface area (Å²) in [5, 5.41) is 0. The van der Waals surface area contributed by atoms with Crippen LogP contribution in [0.2, 0.25) is 0 Å². The normalized spacial score (nSPS) is 10.0. The summed E-state index contributed by atoms with van der Waals surface area (Å²) < 4.78 is 15.1. The summed E-state index contributed by atoms with van der Waals surface area (Å²) in [5.74, 6) is 0.0157. The van der Waals surface area contributed by atoms with Crippen LogP contribution in [0.15, 0.2) is 18.2 Å². The third-order valence-electron chi connectivity index (χ3n) is 2.04. The fourth-order valence-corrected chi connectivity index (χ4v) is 1.28. The number of nitrogen functional groups attached to an aromatic ring is 1. The Balaban J connectivity index is 2.78. The first kappa shape index (κ1) is 13.3. The molecule has 2 N–H and O–H groups in total. The largest absolute Gasteiger partial charge is 0.493 e. The standard InChI is InChI=1S/C12H17NO4/c1-3-16-11-5-4-9(13)8-10(11)12(14)17-7-6-15-2/h4-5,8H,3,6-7,13H2,1-2H3. The van der Waals surface area contributed by atoms with Crippen molar-refractivity contribution in [3.8, 4) is 5.75 Å². The van der Waals surface area contributed by atoms with Crippen LogP contribution in [-0.2, 0) is 9.47 Å². The highest BCUT2D eigenvalue weighted by Gasteiger charge is 2.14. The summed E-state index contributed by atoms with van der Waals surface area (Å²) in [5.41, 5.74) is 6.46. The molecule has 0 aliphatic rings. The molecule has 1 aromatic carbocycles. The first-order valence-electron chi connectivity index (χ1n) is 5.37. The average molecular weight is 239 g/mol. The molecule has 5 heteroatoms. The Morgan fingerprint density at radius 2 is 2.12 bits per heavy atom. The van der Waals surface area contributed by atoms with Gasteiger partial charge in [-0.15, -0.1) is 0 Å². The summed E-state index contributed by atoms with van der Waals surface area (Å²) in [4.78, 5) is 11.8. The Labute approximate surface area is 100 Å². The molecule has 94 valence electrons. The predicted molar refractivity (Wildman–Crippen MR) is 64.2 cm³/mol. The Kier molecular flexibility index (Phi) is 5.29. The summed E-state index contributed by atoms with van der Waals surface area (Å²) in [6.07, 6.45) is 0. The topological polar surface area (TPSA) is 70.8 Å². The van der Waals surface area contributed by atoms with E-state index in [1.807, 2.05) is 6.92 Å². The van der Waals surface area contributed by atoms with Gasteiger partial charge in [0, 0.05) is 12.8 Å². The van der Waals surface area contributed by atoms with Crippen LogP contribution in [0.1, 0.15) is 17.3 Å². The number of hydrogen-bond donors (Lipinski definition) is 1. The van der Waals surface area contributed by atoms with Gasteiger partial charge in [0.25, 0.3) is 0 Å². The number of benzene rings is 1. The number of ether oxygens (including phenoxy) is 3. The molecule has 0 spiro atoms. The van der Waals surface area contributed by atoms with Crippen LogP contribution in [0.4, 0.5) is 5.69 Å². The third kappa shape index (κ3) is 3.96. The molecule has 0 radical (unpaired) electrons. The Bertz CT molecular complexity index is 379. The maximum atomic E-state index is 11.8. The van der Waals surface area contributed by atoms with Gasteiger partial charge in [0.05, 0.1) is 13.2 Å². The zero-order valence-corrected chi connectivity index (χ0v) is 10.1. The van der Waals surface area contributed by atoms with Crippen LogP contribution in [0.5, 0.6) is 5.75 Å². The number of anilines is 1. The number of carbonyl (C=O) groups excluding carboxylic acids is 1. The second kappa shape index (κ2) is 6.75.